The van der Waals surface area contributed by atoms with Crippen LogP contribution < -0.4 is 11.1 Å². The summed E-state index contributed by atoms with van der Waals surface area (Å²) >= 11 is 0. The van der Waals surface area contributed by atoms with Crippen molar-refractivity contribution >= 4 is 22.4 Å². The highest BCUT2D eigenvalue weighted by atomic mass is 32.2. The van der Waals surface area contributed by atoms with Gasteiger partial charge in [-0.05, 0) is 19.1 Å². The van der Waals surface area contributed by atoms with Gasteiger partial charge in [0.15, 0.2) is 0 Å². The topological polar surface area (TPSA) is 81.4 Å². The maximum atomic E-state index is 13.6. The zero-order valence-corrected chi connectivity index (χ0v) is 11.9. The van der Waals surface area contributed by atoms with E-state index in [9.17, 15) is 17.8 Å². The predicted molar refractivity (Wildman–Crippen MR) is 71.5 cm³/mol. The fraction of sp³-hybridized carbons (Fsp3) is 0.417. The average molecular weight is 306 g/mol. The molecule has 1 amide bonds. The summed E-state index contributed by atoms with van der Waals surface area (Å²) in [7, 11) is -0.688. The normalized spacial score (nSPS) is 13.8. The first-order valence-electron chi connectivity index (χ1n) is 5.80. The van der Waals surface area contributed by atoms with Crippen LogP contribution in [0, 0.1) is 11.6 Å². The van der Waals surface area contributed by atoms with Crippen LogP contribution in [0.2, 0.25) is 0 Å². The first-order valence-corrected chi connectivity index (χ1v) is 7.01. The minimum atomic E-state index is -2.15. The van der Waals surface area contributed by atoms with E-state index < -0.39 is 38.5 Å². The van der Waals surface area contributed by atoms with Crippen LogP contribution in [0.1, 0.15) is 6.92 Å². The van der Waals surface area contributed by atoms with E-state index in [1.54, 1.807) is 0 Å². The standard InChI is InChI=1S/C12H16F2N2O3S/c1-7(12(17)16-3-4-19-2)20(18)11-9(13)5-8(15)6-10(11)14/h5-7H,3-4,15H2,1-2H3,(H,16,17). The molecule has 0 heterocycles. The van der Waals surface area contributed by atoms with Crippen LogP contribution in [0.15, 0.2) is 17.0 Å². The molecular weight excluding hydrogens is 290 g/mol. The van der Waals surface area contributed by atoms with Crippen molar-refractivity contribution in [2.75, 3.05) is 26.0 Å². The summed E-state index contributed by atoms with van der Waals surface area (Å²) in [6.07, 6.45) is 0. The van der Waals surface area contributed by atoms with Crippen molar-refractivity contribution in [2.24, 2.45) is 0 Å². The lowest BCUT2D eigenvalue weighted by Crippen LogP contribution is -2.37. The van der Waals surface area contributed by atoms with Crippen LogP contribution in [0.3, 0.4) is 0 Å². The molecule has 2 unspecified atom stereocenters. The molecule has 0 aliphatic heterocycles. The highest BCUT2D eigenvalue weighted by molar-refractivity contribution is 7.86. The zero-order chi connectivity index (χ0) is 15.3. The van der Waals surface area contributed by atoms with Gasteiger partial charge >= 0.3 is 0 Å². The van der Waals surface area contributed by atoms with Gasteiger partial charge in [-0.3, -0.25) is 9.00 Å². The number of nitrogen functional groups attached to an aromatic ring is 1. The Morgan fingerprint density at radius 2 is 2.00 bits per heavy atom. The Morgan fingerprint density at radius 3 is 2.50 bits per heavy atom. The quantitative estimate of drug-likeness (QED) is 0.602. The number of halogens is 2. The van der Waals surface area contributed by atoms with Crippen molar-refractivity contribution in [1.29, 1.82) is 0 Å². The maximum Gasteiger partial charge on any atom is 0.235 e. The number of hydrogen-bond acceptors (Lipinski definition) is 4. The van der Waals surface area contributed by atoms with Gasteiger partial charge in [0, 0.05) is 19.3 Å². The molecule has 3 N–H and O–H groups in total. The molecule has 5 nitrogen and oxygen atoms in total. The van der Waals surface area contributed by atoms with E-state index in [2.05, 4.69) is 5.32 Å². The zero-order valence-electron chi connectivity index (χ0n) is 11.1. The summed E-state index contributed by atoms with van der Waals surface area (Å²) < 4.78 is 44.1. The smallest absolute Gasteiger partial charge is 0.235 e. The first-order chi connectivity index (χ1) is 9.38. The number of nitrogens with one attached hydrogen (secondary N) is 1. The lowest BCUT2D eigenvalue weighted by Gasteiger charge is -2.13. The average Bonchev–Trinajstić information content (AvgIpc) is 2.36. The van der Waals surface area contributed by atoms with Crippen molar-refractivity contribution in [1.82, 2.24) is 5.32 Å². The van der Waals surface area contributed by atoms with Gasteiger partial charge in [-0.25, -0.2) is 8.78 Å². The van der Waals surface area contributed by atoms with Crippen molar-refractivity contribution in [3.63, 3.8) is 0 Å². The third-order valence-corrected chi connectivity index (χ3v) is 4.17. The summed E-state index contributed by atoms with van der Waals surface area (Å²) in [6, 6.07) is 1.73. The molecular formula is C12H16F2N2O3S. The number of anilines is 1. The van der Waals surface area contributed by atoms with Gasteiger partial charge in [0.05, 0.1) is 17.4 Å². The lowest BCUT2D eigenvalue weighted by atomic mass is 10.3. The van der Waals surface area contributed by atoms with E-state index >= 15 is 0 Å². The van der Waals surface area contributed by atoms with Crippen LogP contribution in [-0.4, -0.2) is 35.6 Å². The molecule has 20 heavy (non-hydrogen) atoms. The van der Waals surface area contributed by atoms with Crippen molar-refractivity contribution in [3.8, 4) is 0 Å². The minimum absolute atomic E-state index is 0.113. The van der Waals surface area contributed by atoms with E-state index in [1.807, 2.05) is 0 Å². The van der Waals surface area contributed by atoms with Crippen molar-refractivity contribution in [2.45, 2.75) is 17.1 Å². The number of benzene rings is 1. The number of rotatable bonds is 6. The molecule has 0 saturated carbocycles. The summed E-state index contributed by atoms with van der Waals surface area (Å²) in [4.78, 5) is 11.0. The van der Waals surface area contributed by atoms with Crippen LogP contribution in [0.5, 0.6) is 0 Å². The molecule has 2 atom stereocenters. The van der Waals surface area contributed by atoms with Crippen LogP contribution in [-0.2, 0) is 20.3 Å². The van der Waals surface area contributed by atoms with Gasteiger partial charge in [0.25, 0.3) is 0 Å². The van der Waals surface area contributed by atoms with Gasteiger partial charge in [-0.15, -0.1) is 0 Å². The Balaban J connectivity index is 2.87. The third kappa shape index (κ3) is 3.97. The number of carbonyl (C=O) groups is 1. The van der Waals surface area contributed by atoms with Crippen molar-refractivity contribution in [3.05, 3.63) is 23.8 Å². The molecule has 0 radical (unpaired) electrons. The van der Waals surface area contributed by atoms with Crippen LogP contribution in [0.4, 0.5) is 14.5 Å². The highest BCUT2D eigenvalue weighted by Gasteiger charge is 2.26. The monoisotopic (exact) mass is 306 g/mol. The summed E-state index contributed by atoms with van der Waals surface area (Å²) in [6.45, 7) is 1.84. The number of ether oxygens (including phenoxy) is 1. The van der Waals surface area contributed by atoms with E-state index in [1.165, 1.54) is 14.0 Å². The van der Waals surface area contributed by atoms with Gasteiger partial charge in [0.2, 0.25) is 5.91 Å². The Labute approximate surface area is 117 Å². The molecule has 0 aromatic heterocycles. The third-order valence-electron chi connectivity index (χ3n) is 2.52. The molecule has 0 aliphatic rings. The van der Waals surface area contributed by atoms with Gasteiger partial charge < -0.3 is 15.8 Å². The molecule has 0 aliphatic carbocycles. The summed E-state index contributed by atoms with van der Waals surface area (Å²) in [5.41, 5.74) is 5.16. The molecule has 0 fully saturated rings. The van der Waals surface area contributed by atoms with Gasteiger partial charge in [-0.2, -0.15) is 0 Å². The largest absolute Gasteiger partial charge is 0.399 e. The second-order valence-electron chi connectivity index (χ2n) is 4.04. The molecule has 8 heteroatoms. The maximum absolute atomic E-state index is 13.6. The first kappa shape index (κ1) is 16.5. The molecule has 0 spiro atoms. The Morgan fingerprint density at radius 1 is 1.45 bits per heavy atom. The predicted octanol–water partition coefficient (Wildman–Crippen LogP) is 0.806. The van der Waals surface area contributed by atoms with Gasteiger partial charge in [-0.1, -0.05) is 0 Å². The summed E-state index contributed by atoms with van der Waals surface area (Å²) in [5.74, 6) is -2.63. The molecule has 0 saturated heterocycles. The van der Waals surface area contributed by atoms with E-state index in [0.29, 0.717) is 0 Å². The number of nitrogens with two attached hydrogens (primary N) is 1. The molecule has 1 aromatic rings. The number of amides is 1. The lowest BCUT2D eigenvalue weighted by molar-refractivity contribution is -0.120. The second-order valence-corrected chi connectivity index (χ2v) is 5.75. The van der Waals surface area contributed by atoms with Crippen LogP contribution >= 0.6 is 0 Å². The molecule has 112 valence electrons. The van der Waals surface area contributed by atoms with E-state index in [-0.39, 0.29) is 18.8 Å². The summed E-state index contributed by atoms with van der Waals surface area (Å²) in [5, 5.41) is 1.36. The Bertz CT molecular complexity index is 502. The highest BCUT2D eigenvalue weighted by Crippen LogP contribution is 2.22. The number of methoxy groups -OCH3 is 1. The van der Waals surface area contributed by atoms with E-state index in [4.69, 9.17) is 10.5 Å². The van der Waals surface area contributed by atoms with E-state index in [0.717, 1.165) is 12.1 Å². The van der Waals surface area contributed by atoms with Crippen molar-refractivity contribution < 1.29 is 22.5 Å². The molecule has 0 bridgehead atoms. The minimum Gasteiger partial charge on any atom is -0.399 e. The van der Waals surface area contributed by atoms with Crippen LogP contribution in [0.25, 0.3) is 0 Å². The fourth-order valence-corrected chi connectivity index (χ4v) is 2.60. The SMILES string of the molecule is COCCNC(=O)C(C)S(=O)c1c(F)cc(N)cc1F. The number of carbonyl (C=O) groups excluding carboxylic acids is 1. The Kier molecular flexibility index (Phi) is 6.03. The second kappa shape index (κ2) is 7.30. The molecule has 1 aromatic carbocycles. The Hall–Kier alpha value is -1.54. The fourth-order valence-electron chi connectivity index (χ4n) is 1.47. The van der Waals surface area contributed by atoms with Gasteiger partial charge in [0.1, 0.15) is 21.8 Å². The molecule has 1 rings (SSSR count). The number of hydrogen-bond donors (Lipinski definition) is 2.